The van der Waals surface area contributed by atoms with Crippen LogP contribution in [0, 0.1) is 0 Å². The minimum Gasteiger partial charge on any atom is -0.312 e. The molecule has 1 saturated heterocycles. The van der Waals surface area contributed by atoms with Crippen LogP contribution in [0.5, 0.6) is 0 Å². The van der Waals surface area contributed by atoms with Crippen molar-refractivity contribution in [3.63, 3.8) is 0 Å². The van der Waals surface area contributed by atoms with E-state index in [0.29, 0.717) is 32.7 Å². The second kappa shape index (κ2) is 8.10. The number of hydrogen-bond acceptors (Lipinski definition) is 3. The van der Waals surface area contributed by atoms with Crippen molar-refractivity contribution in [1.29, 1.82) is 0 Å². The quantitative estimate of drug-likeness (QED) is 0.887. The van der Waals surface area contributed by atoms with Crippen LogP contribution in [-0.4, -0.2) is 49.2 Å². The number of nitrogens with one attached hydrogen (secondary N) is 1. The molecule has 1 fully saturated rings. The van der Waals surface area contributed by atoms with Crippen LogP contribution in [0.25, 0.3) is 0 Å². The first kappa shape index (κ1) is 18.4. The molecule has 0 aliphatic carbocycles. The highest BCUT2D eigenvalue weighted by molar-refractivity contribution is 7.86. The molecule has 0 bridgehead atoms. The molecule has 7 heteroatoms. The molecule has 1 aliphatic heterocycles. The fourth-order valence-corrected chi connectivity index (χ4v) is 4.11. The van der Waals surface area contributed by atoms with Crippen LogP contribution in [-0.2, 0) is 16.8 Å². The Morgan fingerprint density at radius 1 is 1.33 bits per heavy atom. The summed E-state index contributed by atoms with van der Waals surface area (Å²) < 4.78 is 28.5. The minimum absolute atomic E-state index is 0. The maximum Gasteiger partial charge on any atom is 0.282 e. The van der Waals surface area contributed by atoms with Gasteiger partial charge in [-0.25, -0.2) is 0 Å². The van der Waals surface area contributed by atoms with Crippen molar-refractivity contribution < 1.29 is 8.42 Å². The van der Waals surface area contributed by atoms with Gasteiger partial charge in [-0.1, -0.05) is 37.3 Å². The average Bonchev–Trinajstić information content (AvgIpc) is 2.45. The maximum absolute atomic E-state index is 12.7. The SMILES string of the molecule is CCN(Cc1ccccc1)S(=O)(=O)N1CCNC(C)C1.Cl. The highest BCUT2D eigenvalue weighted by atomic mass is 35.5. The number of hydrogen-bond donors (Lipinski definition) is 1. The fraction of sp³-hybridized carbons (Fsp3) is 0.571. The Morgan fingerprint density at radius 2 is 2.00 bits per heavy atom. The van der Waals surface area contributed by atoms with Crippen molar-refractivity contribution in [2.45, 2.75) is 26.4 Å². The van der Waals surface area contributed by atoms with E-state index in [1.165, 1.54) is 0 Å². The number of halogens is 1. The summed E-state index contributed by atoms with van der Waals surface area (Å²) in [6.07, 6.45) is 0. The Hall–Kier alpha value is -0.660. The molecular formula is C14H24ClN3O2S. The molecule has 0 spiro atoms. The number of piperazine rings is 1. The number of benzene rings is 1. The van der Waals surface area contributed by atoms with E-state index < -0.39 is 10.2 Å². The topological polar surface area (TPSA) is 52.7 Å². The Bertz CT molecular complexity index is 524. The Kier molecular flexibility index (Phi) is 7.09. The van der Waals surface area contributed by atoms with Crippen molar-refractivity contribution in [3.8, 4) is 0 Å². The predicted molar refractivity (Wildman–Crippen MR) is 87.7 cm³/mol. The van der Waals surface area contributed by atoms with Gasteiger partial charge in [-0.05, 0) is 12.5 Å². The molecule has 1 aliphatic rings. The molecule has 1 atom stereocenters. The van der Waals surface area contributed by atoms with E-state index >= 15 is 0 Å². The van der Waals surface area contributed by atoms with Crippen molar-refractivity contribution in [1.82, 2.24) is 13.9 Å². The summed E-state index contributed by atoms with van der Waals surface area (Å²) in [4.78, 5) is 0. The molecule has 1 unspecified atom stereocenters. The van der Waals surface area contributed by atoms with Gasteiger partial charge in [0, 0.05) is 38.8 Å². The molecule has 1 heterocycles. The molecule has 2 rings (SSSR count). The standard InChI is InChI=1S/C14H23N3O2S.ClH/c1-3-16(12-14-7-5-4-6-8-14)20(18,19)17-10-9-15-13(2)11-17;/h4-8,13,15H,3,9-12H2,1-2H3;1H. The van der Waals surface area contributed by atoms with Gasteiger partial charge in [0.1, 0.15) is 0 Å². The van der Waals surface area contributed by atoms with Crippen LogP contribution < -0.4 is 5.32 Å². The van der Waals surface area contributed by atoms with Crippen molar-refractivity contribution in [3.05, 3.63) is 35.9 Å². The smallest absolute Gasteiger partial charge is 0.282 e. The van der Waals surface area contributed by atoms with E-state index in [0.717, 1.165) is 5.56 Å². The fourth-order valence-electron chi connectivity index (χ4n) is 2.41. The van der Waals surface area contributed by atoms with Crippen LogP contribution in [0.15, 0.2) is 30.3 Å². The molecule has 1 aromatic rings. The largest absolute Gasteiger partial charge is 0.312 e. The normalized spacial score (nSPS) is 20.2. The molecular weight excluding hydrogens is 310 g/mol. The third kappa shape index (κ3) is 4.66. The first-order valence-electron chi connectivity index (χ1n) is 7.06. The third-order valence-electron chi connectivity index (χ3n) is 3.54. The lowest BCUT2D eigenvalue weighted by molar-refractivity contribution is 0.280. The second-order valence-electron chi connectivity index (χ2n) is 5.13. The van der Waals surface area contributed by atoms with Crippen molar-refractivity contribution >= 4 is 22.6 Å². The molecule has 5 nitrogen and oxygen atoms in total. The van der Waals surface area contributed by atoms with Gasteiger partial charge in [0.25, 0.3) is 10.2 Å². The van der Waals surface area contributed by atoms with E-state index in [1.807, 2.05) is 44.2 Å². The van der Waals surface area contributed by atoms with Crippen LogP contribution in [0.4, 0.5) is 0 Å². The lowest BCUT2D eigenvalue weighted by Gasteiger charge is -2.34. The van der Waals surface area contributed by atoms with E-state index in [9.17, 15) is 8.42 Å². The Morgan fingerprint density at radius 3 is 2.57 bits per heavy atom. The van der Waals surface area contributed by atoms with E-state index in [-0.39, 0.29) is 18.4 Å². The molecule has 1 N–H and O–H groups in total. The average molecular weight is 334 g/mol. The van der Waals surface area contributed by atoms with Crippen molar-refractivity contribution in [2.75, 3.05) is 26.2 Å². The molecule has 0 amide bonds. The molecule has 0 aromatic heterocycles. The Labute approximate surface area is 133 Å². The first-order valence-corrected chi connectivity index (χ1v) is 8.46. The lowest BCUT2D eigenvalue weighted by atomic mass is 10.2. The Balaban J connectivity index is 0.00000220. The third-order valence-corrected chi connectivity index (χ3v) is 5.56. The van der Waals surface area contributed by atoms with E-state index in [1.54, 1.807) is 8.61 Å². The molecule has 1 aromatic carbocycles. The van der Waals surface area contributed by atoms with E-state index in [2.05, 4.69) is 5.32 Å². The highest BCUT2D eigenvalue weighted by Crippen LogP contribution is 2.15. The summed E-state index contributed by atoms with van der Waals surface area (Å²) in [5.74, 6) is 0. The summed E-state index contributed by atoms with van der Waals surface area (Å²) >= 11 is 0. The van der Waals surface area contributed by atoms with Crippen molar-refractivity contribution in [2.24, 2.45) is 0 Å². The molecule has 21 heavy (non-hydrogen) atoms. The van der Waals surface area contributed by atoms with Gasteiger partial charge in [0.15, 0.2) is 0 Å². The summed E-state index contributed by atoms with van der Waals surface area (Å²) in [5, 5.41) is 3.27. The zero-order valence-electron chi connectivity index (χ0n) is 12.5. The summed E-state index contributed by atoms with van der Waals surface area (Å²) in [6, 6.07) is 9.92. The zero-order valence-corrected chi connectivity index (χ0v) is 14.2. The monoisotopic (exact) mass is 333 g/mol. The summed E-state index contributed by atoms with van der Waals surface area (Å²) in [6.45, 7) is 6.59. The summed E-state index contributed by atoms with van der Waals surface area (Å²) in [7, 11) is -3.38. The van der Waals surface area contributed by atoms with Crippen LogP contribution in [0.1, 0.15) is 19.4 Å². The van der Waals surface area contributed by atoms with E-state index in [4.69, 9.17) is 0 Å². The first-order chi connectivity index (χ1) is 9.54. The van der Waals surface area contributed by atoms with Gasteiger partial charge in [0.2, 0.25) is 0 Å². The van der Waals surface area contributed by atoms with Gasteiger partial charge < -0.3 is 5.32 Å². The highest BCUT2D eigenvalue weighted by Gasteiger charge is 2.31. The molecule has 0 saturated carbocycles. The lowest BCUT2D eigenvalue weighted by Crippen LogP contribution is -2.54. The minimum atomic E-state index is -3.38. The number of nitrogens with zero attached hydrogens (tertiary/aromatic N) is 2. The van der Waals surface area contributed by atoms with Gasteiger partial charge in [-0.3, -0.25) is 0 Å². The van der Waals surface area contributed by atoms with Gasteiger partial charge in [-0.15, -0.1) is 12.4 Å². The zero-order chi connectivity index (χ0) is 14.6. The number of rotatable bonds is 5. The maximum atomic E-state index is 12.7. The molecule has 0 radical (unpaired) electrons. The van der Waals surface area contributed by atoms with Gasteiger partial charge in [-0.2, -0.15) is 17.0 Å². The second-order valence-corrected chi connectivity index (χ2v) is 7.06. The van der Waals surface area contributed by atoms with Crippen LogP contribution in [0.3, 0.4) is 0 Å². The summed E-state index contributed by atoms with van der Waals surface area (Å²) in [5.41, 5.74) is 1.01. The molecule has 120 valence electrons. The van der Waals surface area contributed by atoms with Crippen LogP contribution in [0.2, 0.25) is 0 Å². The van der Waals surface area contributed by atoms with Gasteiger partial charge >= 0.3 is 0 Å². The predicted octanol–water partition coefficient (Wildman–Crippen LogP) is 1.47. The van der Waals surface area contributed by atoms with Crippen LogP contribution >= 0.6 is 12.4 Å². The van der Waals surface area contributed by atoms with Gasteiger partial charge in [0.05, 0.1) is 0 Å².